The summed E-state index contributed by atoms with van der Waals surface area (Å²) >= 11 is 4.09. The van der Waals surface area contributed by atoms with Gasteiger partial charge in [-0.1, -0.05) is 48.5 Å². The largest absolute Gasteiger partial charge is 0.493 e. The maximum absolute atomic E-state index is 13.2. The summed E-state index contributed by atoms with van der Waals surface area (Å²) in [4.78, 5) is 26.0. The standard InChI is InChI=1S/C30H22I2O8/c1-35-25-13-21(22(31)14-26(25)36-15-18-7-3-2-4-8-18)30(34)40-23-10-6-5-9-19(23)16-37-29(33)20-11-12-24-28(27(20)32)39-17-38-24/h2-14H,15-17H2,1H3. The van der Waals surface area contributed by atoms with Crippen molar-refractivity contribution in [1.82, 2.24) is 0 Å². The van der Waals surface area contributed by atoms with Crippen LogP contribution in [0.2, 0.25) is 0 Å². The Labute approximate surface area is 257 Å². The van der Waals surface area contributed by atoms with Crippen molar-refractivity contribution >= 4 is 57.1 Å². The first-order valence-electron chi connectivity index (χ1n) is 12.0. The summed E-state index contributed by atoms with van der Waals surface area (Å²) in [6, 6.07) is 23.3. The number of rotatable bonds is 9. The first-order valence-corrected chi connectivity index (χ1v) is 14.2. The van der Waals surface area contributed by atoms with Gasteiger partial charge in [0.2, 0.25) is 6.79 Å². The molecule has 1 aliphatic rings. The van der Waals surface area contributed by atoms with Crippen molar-refractivity contribution in [1.29, 1.82) is 0 Å². The van der Waals surface area contributed by atoms with Gasteiger partial charge < -0.3 is 28.4 Å². The van der Waals surface area contributed by atoms with Crippen LogP contribution in [0.3, 0.4) is 0 Å². The van der Waals surface area contributed by atoms with Crippen LogP contribution in [-0.2, 0) is 18.0 Å². The van der Waals surface area contributed by atoms with Crippen molar-refractivity contribution in [3.05, 3.63) is 108 Å². The minimum atomic E-state index is -0.582. The van der Waals surface area contributed by atoms with Crippen molar-refractivity contribution in [2.75, 3.05) is 13.9 Å². The molecule has 0 N–H and O–H groups in total. The predicted octanol–water partition coefficient (Wildman–Crippen LogP) is 6.79. The number of esters is 2. The molecule has 40 heavy (non-hydrogen) atoms. The van der Waals surface area contributed by atoms with Crippen LogP contribution in [0.5, 0.6) is 28.7 Å². The normalized spacial score (nSPS) is 11.6. The number of carbonyl (C=O) groups excluding carboxylic acids is 2. The molecule has 4 aromatic carbocycles. The number of halogens is 2. The Morgan fingerprint density at radius 3 is 2.38 bits per heavy atom. The molecule has 0 saturated heterocycles. The van der Waals surface area contributed by atoms with Crippen LogP contribution in [0, 0.1) is 7.14 Å². The van der Waals surface area contributed by atoms with Crippen molar-refractivity contribution < 1.29 is 38.0 Å². The van der Waals surface area contributed by atoms with Gasteiger partial charge in [-0.25, -0.2) is 9.59 Å². The van der Waals surface area contributed by atoms with Crippen molar-refractivity contribution in [2.45, 2.75) is 13.2 Å². The zero-order chi connectivity index (χ0) is 28.1. The smallest absolute Gasteiger partial charge is 0.344 e. The summed E-state index contributed by atoms with van der Waals surface area (Å²) in [5.41, 5.74) is 2.21. The summed E-state index contributed by atoms with van der Waals surface area (Å²) in [5, 5.41) is 0. The average Bonchev–Trinajstić information content (AvgIpc) is 3.46. The number of ether oxygens (including phenoxy) is 6. The van der Waals surface area contributed by atoms with Crippen molar-refractivity contribution in [2.24, 2.45) is 0 Å². The molecule has 4 aromatic rings. The minimum absolute atomic E-state index is 0.0977. The molecule has 0 atom stereocenters. The van der Waals surface area contributed by atoms with Gasteiger partial charge in [0.05, 0.1) is 21.8 Å². The summed E-state index contributed by atoms with van der Waals surface area (Å²) in [7, 11) is 1.51. The lowest BCUT2D eigenvalue weighted by Gasteiger charge is -2.15. The van der Waals surface area contributed by atoms with E-state index >= 15 is 0 Å². The molecular weight excluding hydrogens is 742 g/mol. The maximum Gasteiger partial charge on any atom is 0.344 e. The first-order chi connectivity index (χ1) is 19.4. The van der Waals surface area contributed by atoms with Gasteiger partial charge >= 0.3 is 11.9 Å². The van der Waals surface area contributed by atoms with Crippen molar-refractivity contribution in [3.8, 4) is 28.7 Å². The van der Waals surface area contributed by atoms with Gasteiger partial charge in [0.15, 0.2) is 23.0 Å². The third-order valence-corrected chi connectivity index (χ3v) is 7.91. The van der Waals surface area contributed by atoms with Crippen LogP contribution in [0.1, 0.15) is 31.8 Å². The lowest BCUT2D eigenvalue weighted by molar-refractivity contribution is 0.0467. The van der Waals surface area contributed by atoms with Crippen LogP contribution in [0.25, 0.3) is 0 Å². The average molecular weight is 764 g/mol. The monoisotopic (exact) mass is 764 g/mol. The Balaban J connectivity index is 1.28. The molecule has 0 fully saturated rings. The molecule has 0 unspecified atom stereocenters. The molecule has 5 rings (SSSR count). The molecule has 0 aliphatic carbocycles. The van der Waals surface area contributed by atoms with E-state index in [9.17, 15) is 9.59 Å². The highest BCUT2D eigenvalue weighted by Gasteiger charge is 2.24. The summed E-state index contributed by atoms with van der Waals surface area (Å²) in [5.74, 6) is 1.18. The molecule has 0 bridgehead atoms. The molecule has 0 amide bonds. The van der Waals surface area contributed by atoms with Crippen molar-refractivity contribution in [3.63, 3.8) is 0 Å². The van der Waals surface area contributed by atoms with Crippen LogP contribution < -0.4 is 23.7 Å². The van der Waals surface area contributed by atoms with Crippen LogP contribution in [-0.4, -0.2) is 25.8 Å². The Morgan fingerprint density at radius 1 is 0.800 bits per heavy atom. The van der Waals surface area contributed by atoms with Crippen LogP contribution >= 0.6 is 45.2 Å². The Bertz CT molecular complexity index is 1560. The second kappa shape index (κ2) is 12.8. The quantitative estimate of drug-likeness (QED) is 0.105. The topological polar surface area (TPSA) is 89.5 Å². The highest BCUT2D eigenvalue weighted by atomic mass is 127. The number of para-hydroxylation sites is 1. The highest BCUT2D eigenvalue weighted by Crippen LogP contribution is 2.38. The predicted molar refractivity (Wildman–Crippen MR) is 162 cm³/mol. The van der Waals surface area contributed by atoms with E-state index in [1.165, 1.54) is 7.11 Å². The number of hydrogen-bond donors (Lipinski definition) is 0. The molecule has 1 heterocycles. The highest BCUT2D eigenvalue weighted by molar-refractivity contribution is 14.1. The fourth-order valence-electron chi connectivity index (χ4n) is 3.89. The lowest BCUT2D eigenvalue weighted by Crippen LogP contribution is -2.13. The van der Waals surface area contributed by atoms with E-state index in [4.69, 9.17) is 28.4 Å². The number of hydrogen-bond acceptors (Lipinski definition) is 8. The van der Waals surface area contributed by atoms with E-state index in [1.807, 2.05) is 52.9 Å². The second-order valence-electron chi connectivity index (χ2n) is 8.49. The van der Waals surface area contributed by atoms with Crippen LogP contribution in [0.15, 0.2) is 78.9 Å². The van der Waals surface area contributed by atoms with Gasteiger partial charge in [0.1, 0.15) is 19.0 Å². The zero-order valence-corrected chi connectivity index (χ0v) is 25.5. The third-order valence-electron chi connectivity index (χ3n) is 5.94. The molecule has 1 aliphatic heterocycles. The lowest BCUT2D eigenvalue weighted by atomic mass is 10.2. The molecule has 8 nitrogen and oxygen atoms in total. The number of benzene rings is 4. The molecule has 0 radical (unpaired) electrons. The van der Waals surface area contributed by atoms with E-state index in [-0.39, 0.29) is 19.1 Å². The van der Waals surface area contributed by atoms with E-state index in [0.717, 1.165) is 5.56 Å². The van der Waals surface area contributed by atoms with Gasteiger partial charge in [-0.2, -0.15) is 0 Å². The van der Waals surface area contributed by atoms with E-state index < -0.39 is 11.9 Å². The van der Waals surface area contributed by atoms with Gasteiger partial charge in [0, 0.05) is 9.13 Å². The molecule has 204 valence electrons. The Hall–Kier alpha value is -3.52. The molecule has 0 spiro atoms. The minimum Gasteiger partial charge on any atom is -0.493 e. The summed E-state index contributed by atoms with van der Waals surface area (Å²) < 4.78 is 34.8. The number of fused-ring (bicyclic) bond motifs is 1. The third kappa shape index (κ3) is 6.28. The molecule has 10 heteroatoms. The first kappa shape index (κ1) is 28.0. The summed E-state index contributed by atoms with van der Waals surface area (Å²) in [6.07, 6.45) is 0. The second-order valence-corrected chi connectivity index (χ2v) is 10.7. The van der Waals surface area contributed by atoms with Gasteiger partial charge in [-0.15, -0.1) is 0 Å². The maximum atomic E-state index is 13.2. The fraction of sp³-hybridized carbons (Fsp3) is 0.133. The number of carbonyl (C=O) groups is 2. The van der Waals surface area contributed by atoms with E-state index in [2.05, 4.69) is 22.6 Å². The van der Waals surface area contributed by atoms with Gasteiger partial charge in [0.25, 0.3) is 0 Å². The fourth-order valence-corrected chi connectivity index (χ4v) is 5.37. The van der Waals surface area contributed by atoms with Gasteiger partial charge in [-0.05, 0) is 81.1 Å². The zero-order valence-electron chi connectivity index (χ0n) is 21.1. The number of methoxy groups -OCH3 is 1. The summed E-state index contributed by atoms with van der Waals surface area (Å²) in [6.45, 7) is 0.366. The van der Waals surface area contributed by atoms with Crippen LogP contribution in [0.4, 0.5) is 0 Å². The van der Waals surface area contributed by atoms with E-state index in [0.29, 0.717) is 53.4 Å². The Morgan fingerprint density at radius 2 is 1.57 bits per heavy atom. The molecule has 0 saturated carbocycles. The SMILES string of the molecule is COc1cc(C(=O)Oc2ccccc2COC(=O)c2ccc3c(c2I)OCO3)c(I)cc1OCc1ccccc1. The van der Waals surface area contributed by atoms with Gasteiger partial charge in [-0.3, -0.25) is 0 Å². The Kier molecular flexibility index (Phi) is 8.94. The molecular formula is C30H22I2O8. The molecule has 0 aromatic heterocycles. The van der Waals surface area contributed by atoms with E-state index in [1.54, 1.807) is 48.5 Å².